The van der Waals surface area contributed by atoms with Crippen molar-refractivity contribution in [3.8, 4) is 0 Å². The van der Waals surface area contributed by atoms with Gasteiger partial charge in [0.1, 0.15) is 0 Å². The summed E-state index contributed by atoms with van der Waals surface area (Å²) in [6, 6.07) is 5.41. The summed E-state index contributed by atoms with van der Waals surface area (Å²) in [5.41, 5.74) is 7.84. The number of nitrogens with two attached hydrogens (primary N) is 1. The number of fused-ring (bicyclic) bond motifs is 1. The molecule has 1 amide bonds. The van der Waals surface area contributed by atoms with Crippen LogP contribution in [0.15, 0.2) is 24.4 Å². The van der Waals surface area contributed by atoms with Gasteiger partial charge in [0.15, 0.2) is 0 Å². The van der Waals surface area contributed by atoms with E-state index in [0.29, 0.717) is 23.4 Å². The number of benzene rings is 1. The van der Waals surface area contributed by atoms with E-state index in [1.165, 1.54) is 0 Å². The van der Waals surface area contributed by atoms with Crippen LogP contribution in [-0.4, -0.2) is 33.2 Å². The molecular formula is C14H19N3O2S. The summed E-state index contributed by atoms with van der Waals surface area (Å²) < 4.78 is 11.1. The largest absolute Gasteiger partial charge is 0.399 e. The van der Waals surface area contributed by atoms with Crippen LogP contribution in [0.25, 0.3) is 10.9 Å². The number of carbonyl (C=O) groups excluding carboxylic acids is 1. The van der Waals surface area contributed by atoms with Gasteiger partial charge in [-0.3, -0.25) is 9.00 Å². The van der Waals surface area contributed by atoms with Gasteiger partial charge < -0.3 is 16.0 Å². The van der Waals surface area contributed by atoms with Gasteiger partial charge in [0.2, 0.25) is 0 Å². The van der Waals surface area contributed by atoms with Gasteiger partial charge in [-0.1, -0.05) is 0 Å². The van der Waals surface area contributed by atoms with Crippen molar-refractivity contribution in [2.24, 2.45) is 0 Å². The van der Waals surface area contributed by atoms with Gasteiger partial charge in [-0.15, -0.1) is 0 Å². The number of aromatic amines is 1. The van der Waals surface area contributed by atoms with Gasteiger partial charge in [-0.25, -0.2) is 0 Å². The molecule has 20 heavy (non-hydrogen) atoms. The minimum atomic E-state index is -0.837. The van der Waals surface area contributed by atoms with Gasteiger partial charge in [-0.05, 0) is 31.5 Å². The van der Waals surface area contributed by atoms with Crippen LogP contribution in [0.2, 0.25) is 0 Å². The van der Waals surface area contributed by atoms with E-state index in [2.05, 4.69) is 10.3 Å². The number of aromatic nitrogens is 1. The number of amides is 1. The maximum atomic E-state index is 12.2. The number of anilines is 1. The van der Waals surface area contributed by atoms with Crippen LogP contribution < -0.4 is 11.1 Å². The number of hydrogen-bond acceptors (Lipinski definition) is 3. The molecule has 2 rings (SSSR count). The molecule has 0 aliphatic rings. The lowest BCUT2D eigenvalue weighted by Crippen LogP contribution is -2.33. The zero-order chi connectivity index (χ0) is 14.7. The van der Waals surface area contributed by atoms with Crippen LogP contribution in [-0.2, 0) is 10.8 Å². The van der Waals surface area contributed by atoms with Gasteiger partial charge >= 0.3 is 0 Å². The molecule has 0 saturated carbocycles. The lowest BCUT2D eigenvalue weighted by molar-refractivity contribution is 0.0941. The third kappa shape index (κ3) is 3.39. The van der Waals surface area contributed by atoms with Crippen molar-refractivity contribution in [1.82, 2.24) is 10.3 Å². The van der Waals surface area contributed by atoms with Crippen LogP contribution in [0.5, 0.6) is 0 Å². The third-order valence-electron chi connectivity index (χ3n) is 3.17. The number of nitrogens with one attached hydrogen (secondary N) is 2. The van der Waals surface area contributed by atoms with Gasteiger partial charge in [-0.2, -0.15) is 0 Å². The topological polar surface area (TPSA) is 88.0 Å². The first-order chi connectivity index (χ1) is 9.47. The number of nitrogen functional groups attached to an aromatic ring is 1. The Morgan fingerprint density at radius 1 is 1.50 bits per heavy atom. The molecule has 1 aromatic carbocycles. The highest BCUT2D eigenvalue weighted by Crippen LogP contribution is 2.21. The molecule has 0 aliphatic heterocycles. The molecule has 2 unspecified atom stereocenters. The highest BCUT2D eigenvalue weighted by molar-refractivity contribution is 7.84. The van der Waals surface area contributed by atoms with Crippen molar-refractivity contribution in [3.05, 3.63) is 30.0 Å². The average molecular weight is 293 g/mol. The highest BCUT2D eigenvalue weighted by atomic mass is 32.2. The SMILES string of the molecule is CC(CCS(C)=O)NC(=O)c1c[nH]c2ccc(N)cc12. The minimum Gasteiger partial charge on any atom is -0.399 e. The van der Waals surface area contributed by atoms with E-state index in [9.17, 15) is 9.00 Å². The van der Waals surface area contributed by atoms with Crippen molar-refractivity contribution in [1.29, 1.82) is 0 Å². The Morgan fingerprint density at radius 2 is 2.25 bits per heavy atom. The summed E-state index contributed by atoms with van der Waals surface area (Å²) in [7, 11) is -0.837. The predicted octanol–water partition coefficient (Wildman–Crippen LogP) is 1.64. The van der Waals surface area contributed by atoms with Gasteiger partial charge in [0, 0.05) is 51.6 Å². The number of carbonyl (C=O) groups is 1. The van der Waals surface area contributed by atoms with Crippen LogP contribution >= 0.6 is 0 Å². The van der Waals surface area contributed by atoms with Crippen LogP contribution in [0.1, 0.15) is 23.7 Å². The number of rotatable bonds is 5. The zero-order valence-corrected chi connectivity index (χ0v) is 12.4. The molecule has 0 radical (unpaired) electrons. The van der Waals surface area contributed by atoms with E-state index in [1.807, 2.05) is 13.0 Å². The van der Waals surface area contributed by atoms with Gasteiger partial charge in [0.25, 0.3) is 5.91 Å². The minimum absolute atomic E-state index is 0.0163. The Kier molecular flexibility index (Phi) is 4.44. The molecule has 4 N–H and O–H groups in total. The van der Waals surface area contributed by atoms with E-state index >= 15 is 0 Å². The maximum Gasteiger partial charge on any atom is 0.253 e. The number of H-pyrrole nitrogens is 1. The second-order valence-corrected chi connectivity index (χ2v) is 6.50. The predicted molar refractivity (Wildman–Crippen MR) is 83.2 cm³/mol. The van der Waals surface area contributed by atoms with Crippen LogP contribution in [0.3, 0.4) is 0 Å². The summed E-state index contributed by atoms with van der Waals surface area (Å²) >= 11 is 0. The molecular weight excluding hydrogens is 274 g/mol. The lowest BCUT2D eigenvalue weighted by Gasteiger charge is -2.12. The van der Waals surface area contributed by atoms with Gasteiger partial charge in [0.05, 0.1) is 5.56 Å². The van der Waals surface area contributed by atoms with E-state index in [4.69, 9.17) is 5.73 Å². The fraction of sp³-hybridized carbons (Fsp3) is 0.357. The fourth-order valence-corrected chi connectivity index (χ4v) is 2.73. The monoisotopic (exact) mass is 293 g/mol. The molecule has 0 bridgehead atoms. The van der Waals surface area contributed by atoms with Crippen LogP contribution in [0.4, 0.5) is 5.69 Å². The second kappa shape index (κ2) is 6.09. The molecule has 1 heterocycles. The quantitative estimate of drug-likeness (QED) is 0.732. The Hall–Kier alpha value is -1.82. The molecule has 0 aliphatic carbocycles. The van der Waals surface area contributed by atoms with E-state index in [0.717, 1.165) is 10.9 Å². The van der Waals surface area contributed by atoms with E-state index < -0.39 is 10.8 Å². The molecule has 5 nitrogen and oxygen atoms in total. The molecule has 6 heteroatoms. The fourth-order valence-electron chi connectivity index (χ4n) is 2.04. The average Bonchev–Trinajstić information content (AvgIpc) is 2.79. The van der Waals surface area contributed by atoms with E-state index in [-0.39, 0.29) is 11.9 Å². The Bertz CT molecular complexity index is 651. The smallest absolute Gasteiger partial charge is 0.253 e. The third-order valence-corrected chi connectivity index (χ3v) is 3.98. The molecule has 1 aromatic heterocycles. The second-order valence-electron chi connectivity index (χ2n) is 4.95. The molecule has 0 fully saturated rings. The maximum absolute atomic E-state index is 12.2. The molecule has 2 atom stereocenters. The van der Waals surface area contributed by atoms with Crippen molar-refractivity contribution >= 4 is 33.3 Å². The Labute approximate surface area is 120 Å². The normalized spacial score (nSPS) is 14.1. The lowest BCUT2D eigenvalue weighted by atomic mass is 10.1. The first-order valence-electron chi connectivity index (χ1n) is 6.45. The van der Waals surface area contributed by atoms with Crippen molar-refractivity contribution in [3.63, 3.8) is 0 Å². The molecule has 0 saturated heterocycles. The summed E-state index contributed by atoms with van der Waals surface area (Å²) in [4.78, 5) is 15.3. The van der Waals surface area contributed by atoms with Crippen molar-refractivity contribution < 1.29 is 9.00 Å². The van der Waals surface area contributed by atoms with Crippen molar-refractivity contribution in [2.45, 2.75) is 19.4 Å². The summed E-state index contributed by atoms with van der Waals surface area (Å²) in [5.74, 6) is 0.443. The molecule has 108 valence electrons. The molecule has 2 aromatic rings. The van der Waals surface area contributed by atoms with Crippen molar-refractivity contribution in [2.75, 3.05) is 17.7 Å². The van der Waals surface area contributed by atoms with Crippen LogP contribution in [0, 0.1) is 0 Å². The number of hydrogen-bond donors (Lipinski definition) is 3. The van der Waals surface area contributed by atoms with E-state index in [1.54, 1.807) is 24.6 Å². The summed E-state index contributed by atoms with van der Waals surface area (Å²) in [5, 5.41) is 3.73. The zero-order valence-electron chi connectivity index (χ0n) is 11.6. The Balaban J connectivity index is 2.11. The standard InChI is InChI=1S/C14H19N3O2S/c1-9(5-6-20(2)19)17-14(18)12-8-16-13-4-3-10(15)7-11(12)13/h3-4,7-9,16H,5-6,15H2,1-2H3,(H,17,18). The first kappa shape index (κ1) is 14.6. The first-order valence-corrected chi connectivity index (χ1v) is 8.17. The summed E-state index contributed by atoms with van der Waals surface area (Å²) in [6.45, 7) is 1.91. The highest BCUT2D eigenvalue weighted by Gasteiger charge is 2.14. The Morgan fingerprint density at radius 3 is 2.95 bits per heavy atom. The summed E-state index contributed by atoms with van der Waals surface area (Å²) in [6.07, 6.45) is 4.04. The molecule has 0 spiro atoms.